The van der Waals surface area contributed by atoms with Gasteiger partial charge in [-0.1, -0.05) is 39.0 Å². The van der Waals surface area contributed by atoms with E-state index in [2.05, 4.69) is 30.6 Å². The normalized spacial score (nSPS) is 19.3. The summed E-state index contributed by atoms with van der Waals surface area (Å²) in [5.74, 6) is 0.497. The lowest BCUT2D eigenvalue weighted by molar-refractivity contribution is -0.140. The van der Waals surface area contributed by atoms with Gasteiger partial charge in [-0.2, -0.15) is 0 Å². The number of hydrogen-bond donors (Lipinski definition) is 0. The van der Waals surface area contributed by atoms with E-state index in [1.807, 2.05) is 24.8 Å². The number of nitrogens with zero attached hydrogens (tertiary/aromatic N) is 2. The van der Waals surface area contributed by atoms with Crippen LogP contribution in [0.5, 0.6) is 0 Å². The van der Waals surface area contributed by atoms with Crippen molar-refractivity contribution in [2.45, 2.75) is 34.1 Å². The third-order valence-electron chi connectivity index (χ3n) is 4.85. The van der Waals surface area contributed by atoms with Crippen LogP contribution in [0.25, 0.3) is 0 Å². The number of rotatable bonds is 6. The molecule has 2 rings (SSSR count). The Bertz CT molecular complexity index is 487. The van der Waals surface area contributed by atoms with Crippen LogP contribution in [-0.4, -0.2) is 80.1 Å². The maximum atomic E-state index is 11.9. The van der Waals surface area contributed by atoms with E-state index in [0.717, 1.165) is 45.9 Å². The fourth-order valence-electron chi connectivity index (χ4n) is 2.54. The molecule has 0 radical (unpaired) electrons. The SMILES string of the molecule is C/C=C\CN1CCOCC1.C=C[C@@H](C)[C@@H](C)C(=O)N1CCOCC1.CCC(=O)Cl. The molecule has 2 aliphatic rings. The molecular weight excluding hydrogens is 392 g/mol. The summed E-state index contributed by atoms with van der Waals surface area (Å²) in [7, 11) is 0. The Hall–Kier alpha value is -1.21. The molecule has 2 saturated heterocycles. The van der Waals surface area contributed by atoms with E-state index in [4.69, 9.17) is 21.1 Å². The summed E-state index contributed by atoms with van der Waals surface area (Å²) in [5.41, 5.74) is 0. The van der Waals surface area contributed by atoms with E-state index in [-0.39, 0.29) is 23.0 Å². The van der Waals surface area contributed by atoms with Crippen LogP contribution in [0.3, 0.4) is 0 Å². The van der Waals surface area contributed by atoms with Crippen molar-refractivity contribution in [1.82, 2.24) is 9.80 Å². The summed E-state index contributed by atoms with van der Waals surface area (Å²) < 4.78 is 10.4. The molecule has 0 aromatic carbocycles. The molecule has 0 saturated carbocycles. The van der Waals surface area contributed by atoms with Gasteiger partial charge in [0.15, 0.2) is 0 Å². The Labute approximate surface area is 181 Å². The molecule has 0 aromatic rings. The Morgan fingerprint density at radius 3 is 1.97 bits per heavy atom. The van der Waals surface area contributed by atoms with Crippen LogP contribution >= 0.6 is 11.6 Å². The molecule has 0 bridgehead atoms. The highest BCUT2D eigenvalue weighted by Gasteiger charge is 2.24. The molecule has 2 atom stereocenters. The number of ether oxygens (including phenoxy) is 2. The first-order chi connectivity index (χ1) is 13.9. The standard InChI is InChI=1S/C11H19NO2.C8H15NO.C3H5ClO/c1-4-9(2)10(3)11(13)12-5-7-14-8-6-12;1-2-3-4-9-5-7-10-8-6-9;1-2-3(4)5/h4,9-10H,1,5-8H2,2-3H3;2-3H,4-8H2,1H3;2H2,1H3/b;3-2-;/t9-,10-;;/m1../s1. The minimum Gasteiger partial charge on any atom is -0.379 e. The third-order valence-corrected chi connectivity index (χ3v) is 5.12. The average molecular weight is 431 g/mol. The van der Waals surface area contributed by atoms with Crippen molar-refractivity contribution in [3.05, 3.63) is 24.8 Å². The van der Waals surface area contributed by atoms with Crippen molar-refractivity contribution in [2.24, 2.45) is 11.8 Å². The van der Waals surface area contributed by atoms with Gasteiger partial charge in [0, 0.05) is 45.1 Å². The predicted molar refractivity (Wildman–Crippen MR) is 119 cm³/mol. The second kappa shape index (κ2) is 17.6. The van der Waals surface area contributed by atoms with Gasteiger partial charge in [-0.25, -0.2) is 0 Å². The molecule has 2 aliphatic heterocycles. The van der Waals surface area contributed by atoms with E-state index in [9.17, 15) is 9.59 Å². The van der Waals surface area contributed by atoms with Crippen LogP contribution in [-0.2, 0) is 19.1 Å². The first-order valence-electron chi connectivity index (χ1n) is 10.5. The van der Waals surface area contributed by atoms with Gasteiger partial charge in [0.25, 0.3) is 0 Å². The first kappa shape index (κ1) is 27.8. The summed E-state index contributed by atoms with van der Waals surface area (Å²) in [6.45, 7) is 19.3. The van der Waals surface area contributed by atoms with Crippen LogP contribution < -0.4 is 0 Å². The predicted octanol–water partition coefficient (Wildman–Crippen LogP) is 3.36. The number of hydrogen-bond acceptors (Lipinski definition) is 5. The zero-order valence-electron chi connectivity index (χ0n) is 18.6. The van der Waals surface area contributed by atoms with Gasteiger partial charge in [0.1, 0.15) is 0 Å². The molecule has 6 nitrogen and oxygen atoms in total. The maximum Gasteiger partial charge on any atom is 0.226 e. The Kier molecular flexibility index (Phi) is 16.9. The maximum absolute atomic E-state index is 11.9. The smallest absolute Gasteiger partial charge is 0.226 e. The van der Waals surface area contributed by atoms with Crippen molar-refractivity contribution < 1.29 is 19.1 Å². The zero-order chi connectivity index (χ0) is 22.1. The topological polar surface area (TPSA) is 59.1 Å². The van der Waals surface area contributed by atoms with Crippen LogP contribution in [0.2, 0.25) is 0 Å². The lowest BCUT2D eigenvalue weighted by Crippen LogP contribution is -2.44. The molecule has 168 valence electrons. The van der Waals surface area contributed by atoms with Crippen LogP contribution in [0.1, 0.15) is 34.1 Å². The number of halogens is 1. The number of allylic oxidation sites excluding steroid dienone is 2. The number of carbonyl (C=O) groups excluding carboxylic acids is 2. The molecule has 0 N–H and O–H groups in total. The second-order valence-corrected chi connectivity index (χ2v) is 7.43. The fraction of sp³-hybridized carbons (Fsp3) is 0.727. The Morgan fingerprint density at radius 2 is 1.55 bits per heavy atom. The molecule has 7 heteroatoms. The van der Waals surface area contributed by atoms with Crippen molar-refractivity contribution >= 4 is 22.8 Å². The van der Waals surface area contributed by atoms with Crippen molar-refractivity contribution in [1.29, 1.82) is 0 Å². The number of morpholine rings is 2. The number of amides is 1. The van der Waals surface area contributed by atoms with E-state index >= 15 is 0 Å². The van der Waals surface area contributed by atoms with Gasteiger partial charge in [0.2, 0.25) is 11.1 Å². The zero-order valence-corrected chi connectivity index (χ0v) is 19.3. The lowest BCUT2D eigenvalue weighted by Gasteiger charge is -2.30. The summed E-state index contributed by atoms with van der Waals surface area (Å²) in [6.07, 6.45) is 6.55. The number of carbonyl (C=O) groups is 2. The minimum atomic E-state index is -0.273. The first-order valence-corrected chi connectivity index (χ1v) is 10.8. The van der Waals surface area contributed by atoms with Gasteiger partial charge in [-0.15, -0.1) is 6.58 Å². The summed E-state index contributed by atoms with van der Waals surface area (Å²) in [4.78, 5) is 25.8. The average Bonchev–Trinajstić information content (AvgIpc) is 2.78. The van der Waals surface area contributed by atoms with E-state index < -0.39 is 0 Å². The lowest BCUT2D eigenvalue weighted by atomic mass is 9.94. The molecule has 0 unspecified atom stereocenters. The molecular formula is C22H39ClN2O4. The Morgan fingerprint density at radius 1 is 1.07 bits per heavy atom. The minimum absolute atomic E-state index is 0.0330. The molecule has 0 spiro atoms. The van der Waals surface area contributed by atoms with Crippen LogP contribution in [0.4, 0.5) is 0 Å². The van der Waals surface area contributed by atoms with Crippen molar-refractivity contribution in [3.63, 3.8) is 0 Å². The monoisotopic (exact) mass is 430 g/mol. The van der Waals surface area contributed by atoms with E-state index in [1.165, 1.54) is 0 Å². The van der Waals surface area contributed by atoms with E-state index in [0.29, 0.717) is 19.6 Å². The van der Waals surface area contributed by atoms with Crippen LogP contribution in [0, 0.1) is 11.8 Å². The fourth-order valence-corrected chi connectivity index (χ4v) is 2.54. The van der Waals surface area contributed by atoms with Gasteiger partial charge in [-0.3, -0.25) is 14.5 Å². The molecule has 2 fully saturated rings. The molecule has 29 heavy (non-hydrogen) atoms. The highest BCUT2D eigenvalue weighted by molar-refractivity contribution is 6.63. The second-order valence-electron chi connectivity index (χ2n) is 7.01. The molecule has 0 aliphatic carbocycles. The van der Waals surface area contributed by atoms with Crippen LogP contribution in [0.15, 0.2) is 24.8 Å². The third kappa shape index (κ3) is 13.6. The largest absolute Gasteiger partial charge is 0.379 e. The van der Waals surface area contributed by atoms with Gasteiger partial charge in [0.05, 0.1) is 26.4 Å². The van der Waals surface area contributed by atoms with Crippen molar-refractivity contribution in [3.8, 4) is 0 Å². The summed E-state index contributed by atoms with van der Waals surface area (Å²) in [6, 6.07) is 0. The van der Waals surface area contributed by atoms with Gasteiger partial charge < -0.3 is 14.4 Å². The van der Waals surface area contributed by atoms with Gasteiger partial charge in [-0.05, 0) is 24.4 Å². The highest BCUT2D eigenvalue weighted by Crippen LogP contribution is 2.15. The Balaban J connectivity index is 0.000000455. The molecule has 2 heterocycles. The van der Waals surface area contributed by atoms with Crippen molar-refractivity contribution in [2.75, 3.05) is 59.2 Å². The summed E-state index contributed by atoms with van der Waals surface area (Å²) in [5, 5.41) is -0.273. The van der Waals surface area contributed by atoms with E-state index in [1.54, 1.807) is 6.92 Å². The molecule has 0 aromatic heterocycles. The quantitative estimate of drug-likeness (QED) is 0.477. The summed E-state index contributed by atoms with van der Waals surface area (Å²) >= 11 is 4.82. The highest BCUT2D eigenvalue weighted by atomic mass is 35.5. The molecule has 1 amide bonds. The van der Waals surface area contributed by atoms with Gasteiger partial charge >= 0.3 is 0 Å².